The molecule has 4 nitrogen and oxygen atoms in total. The monoisotopic (exact) mass is 288 g/mol. The third-order valence-electron chi connectivity index (χ3n) is 3.61. The zero-order valence-corrected chi connectivity index (χ0v) is 12.5. The van der Waals surface area contributed by atoms with Gasteiger partial charge in [-0.05, 0) is 30.9 Å². The normalized spacial score (nSPS) is 17.0. The fraction of sp³-hybridized carbons (Fsp3) is 0.471. The minimum atomic E-state index is -1.28. The van der Waals surface area contributed by atoms with Gasteiger partial charge in [0.05, 0.1) is 0 Å². The molecular formula is C17H20O4. The van der Waals surface area contributed by atoms with Crippen LogP contribution in [-0.2, 0) is 16.0 Å². The quantitative estimate of drug-likeness (QED) is 0.596. The number of hydrogen-bond donors (Lipinski definition) is 0. The maximum atomic E-state index is 12.3. The highest BCUT2D eigenvalue weighted by Gasteiger charge is 2.41. The number of rotatable bonds is 6. The lowest BCUT2D eigenvalue weighted by molar-refractivity contribution is -0.145. The Bertz CT molecular complexity index is 574. The number of benzene rings is 1. The van der Waals surface area contributed by atoms with Crippen LogP contribution in [0.4, 0.5) is 0 Å². The molecule has 0 saturated heterocycles. The lowest BCUT2D eigenvalue weighted by atomic mass is 10.0. The molecule has 1 atom stereocenters. The van der Waals surface area contributed by atoms with Crippen LogP contribution in [0.5, 0.6) is 0 Å². The first-order valence-corrected chi connectivity index (χ1v) is 7.49. The van der Waals surface area contributed by atoms with Crippen molar-refractivity contribution in [2.24, 2.45) is 0 Å². The van der Waals surface area contributed by atoms with Crippen molar-refractivity contribution in [2.75, 3.05) is 0 Å². The van der Waals surface area contributed by atoms with Crippen molar-refractivity contribution in [3.8, 4) is 0 Å². The van der Waals surface area contributed by atoms with Gasteiger partial charge in [0.25, 0.3) is 0 Å². The molecule has 112 valence electrons. The maximum Gasteiger partial charge on any atom is 0.306 e. The second-order valence-corrected chi connectivity index (χ2v) is 5.33. The second kappa shape index (κ2) is 6.66. The van der Waals surface area contributed by atoms with Crippen LogP contribution in [-0.4, -0.2) is 23.6 Å². The van der Waals surface area contributed by atoms with Crippen molar-refractivity contribution in [1.82, 2.24) is 0 Å². The molecule has 2 rings (SSSR count). The number of carbonyl (C=O) groups excluding carboxylic acids is 3. The van der Waals surface area contributed by atoms with E-state index in [-0.39, 0.29) is 6.42 Å². The Hall–Kier alpha value is -1.97. The summed E-state index contributed by atoms with van der Waals surface area (Å²) in [5.74, 6) is -1.29. The number of ether oxygens (including phenoxy) is 1. The first kappa shape index (κ1) is 15.4. The highest BCUT2D eigenvalue weighted by atomic mass is 16.5. The number of carbonyl (C=O) groups is 3. The SMILES string of the molecule is CCCCc1ccc2c(c1)C(=O)C(OC(=O)CCC)C2=O. The van der Waals surface area contributed by atoms with Crippen LogP contribution >= 0.6 is 0 Å². The van der Waals surface area contributed by atoms with Gasteiger partial charge in [-0.15, -0.1) is 0 Å². The molecular weight excluding hydrogens is 268 g/mol. The van der Waals surface area contributed by atoms with Crippen molar-refractivity contribution >= 4 is 17.5 Å². The predicted octanol–water partition coefficient (Wildman–Crippen LogP) is 3.12. The van der Waals surface area contributed by atoms with E-state index in [1.807, 2.05) is 13.0 Å². The van der Waals surface area contributed by atoms with Gasteiger partial charge >= 0.3 is 5.97 Å². The number of aryl methyl sites for hydroxylation is 1. The first-order chi connectivity index (χ1) is 10.1. The largest absolute Gasteiger partial charge is 0.445 e. The van der Waals surface area contributed by atoms with E-state index in [2.05, 4.69) is 6.92 Å². The van der Waals surface area contributed by atoms with Crippen LogP contribution in [0, 0.1) is 0 Å². The Morgan fingerprint density at radius 3 is 2.48 bits per heavy atom. The summed E-state index contributed by atoms with van der Waals surface area (Å²) in [6.07, 6.45) is 2.56. The van der Waals surface area contributed by atoms with E-state index in [4.69, 9.17) is 4.74 Å². The third-order valence-corrected chi connectivity index (χ3v) is 3.61. The van der Waals surface area contributed by atoms with Gasteiger partial charge in [-0.3, -0.25) is 14.4 Å². The summed E-state index contributed by atoms with van der Waals surface area (Å²) in [5, 5.41) is 0. The van der Waals surface area contributed by atoms with Gasteiger partial charge in [-0.25, -0.2) is 0 Å². The van der Waals surface area contributed by atoms with Crippen LogP contribution in [0.15, 0.2) is 18.2 Å². The minimum absolute atomic E-state index is 0.217. The van der Waals surface area contributed by atoms with E-state index in [1.54, 1.807) is 12.1 Å². The number of fused-ring (bicyclic) bond motifs is 1. The molecule has 0 aromatic heterocycles. The summed E-state index contributed by atoms with van der Waals surface area (Å²) in [6.45, 7) is 3.94. The fourth-order valence-electron chi connectivity index (χ4n) is 2.45. The van der Waals surface area contributed by atoms with Gasteiger partial charge in [-0.2, -0.15) is 0 Å². The number of hydrogen-bond acceptors (Lipinski definition) is 4. The zero-order chi connectivity index (χ0) is 15.4. The molecule has 0 N–H and O–H groups in total. The average Bonchev–Trinajstić information content (AvgIpc) is 2.70. The minimum Gasteiger partial charge on any atom is -0.445 e. The summed E-state index contributed by atoms with van der Waals surface area (Å²) in [4.78, 5) is 36.0. The van der Waals surface area contributed by atoms with E-state index >= 15 is 0 Å². The predicted molar refractivity (Wildman–Crippen MR) is 78.5 cm³/mol. The Kier molecular flexibility index (Phi) is 4.89. The highest BCUT2D eigenvalue weighted by Crippen LogP contribution is 2.26. The third kappa shape index (κ3) is 3.20. The van der Waals surface area contributed by atoms with Gasteiger partial charge < -0.3 is 4.74 Å². The smallest absolute Gasteiger partial charge is 0.306 e. The van der Waals surface area contributed by atoms with Crippen molar-refractivity contribution < 1.29 is 19.1 Å². The topological polar surface area (TPSA) is 60.4 Å². The fourth-order valence-corrected chi connectivity index (χ4v) is 2.45. The molecule has 21 heavy (non-hydrogen) atoms. The number of ketones is 2. The molecule has 0 fully saturated rings. The molecule has 1 aromatic rings. The number of Topliss-reactive ketones (excluding diaryl/α,β-unsaturated/α-hetero) is 2. The van der Waals surface area contributed by atoms with Crippen molar-refractivity contribution in [3.63, 3.8) is 0 Å². The summed E-state index contributed by atoms with van der Waals surface area (Å²) in [7, 11) is 0. The summed E-state index contributed by atoms with van der Waals surface area (Å²) in [5.41, 5.74) is 1.80. The van der Waals surface area contributed by atoms with Gasteiger partial charge in [0.2, 0.25) is 17.7 Å². The van der Waals surface area contributed by atoms with Crippen LogP contribution < -0.4 is 0 Å². The number of esters is 1. The second-order valence-electron chi connectivity index (χ2n) is 5.33. The standard InChI is InChI=1S/C17H20O4/c1-3-5-7-11-8-9-12-13(10-11)16(20)17(15(12)19)21-14(18)6-4-2/h8-10,17H,3-7H2,1-2H3. The molecule has 1 unspecified atom stereocenters. The van der Waals surface area contributed by atoms with E-state index in [9.17, 15) is 14.4 Å². The first-order valence-electron chi connectivity index (χ1n) is 7.49. The van der Waals surface area contributed by atoms with Crippen molar-refractivity contribution in [1.29, 1.82) is 0 Å². The van der Waals surface area contributed by atoms with Crippen molar-refractivity contribution in [3.05, 3.63) is 34.9 Å². The van der Waals surface area contributed by atoms with Crippen LogP contribution in [0.3, 0.4) is 0 Å². The Labute approximate surface area is 124 Å². The molecule has 4 heteroatoms. The Morgan fingerprint density at radius 1 is 1.10 bits per heavy atom. The van der Waals surface area contributed by atoms with Crippen LogP contribution in [0.2, 0.25) is 0 Å². The van der Waals surface area contributed by atoms with Crippen LogP contribution in [0.25, 0.3) is 0 Å². The lowest BCUT2D eigenvalue weighted by Crippen LogP contribution is -2.28. The van der Waals surface area contributed by atoms with Crippen LogP contribution in [0.1, 0.15) is 65.8 Å². The van der Waals surface area contributed by atoms with Gasteiger partial charge in [0.15, 0.2) is 0 Å². The number of unbranched alkanes of at least 4 members (excludes halogenated alkanes) is 1. The highest BCUT2D eigenvalue weighted by molar-refractivity contribution is 6.29. The molecule has 0 saturated carbocycles. The molecule has 0 heterocycles. The molecule has 0 amide bonds. The maximum absolute atomic E-state index is 12.3. The van der Waals surface area contributed by atoms with Crippen molar-refractivity contribution in [2.45, 2.75) is 52.1 Å². The van der Waals surface area contributed by atoms with Gasteiger partial charge in [-0.1, -0.05) is 32.4 Å². The molecule has 0 bridgehead atoms. The van der Waals surface area contributed by atoms with Gasteiger partial charge in [0.1, 0.15) is 0 Å². The van der Waals surface area contributed by atoms with E-state index in [0.717, 1.165) is 24.8 Å². The van der Waals surface area contributed by atoms with E-state index < -0.39 is 23.6 Å². The molecule has 0 aliphatic heterocycles. The Morgan fingerprint density at radius 2 is 1.81 bits per heavy atom. The molecule has 0 spiro atoms. The molecule has 1 aliphatic rings. The average molecular weight is 288 g/mol. The molecule has 0 radical (unpaired) electrons. The zero-order valence-electron chi connectivity index (χ0n) is 12.5. The summed E-state index contributed by atoms with van der Waals surface area (Å²) in [6, 6.07) is 5.31. The summed E-state index contributed by atoms with van der Waals surface area (Å²) >= 11 is 0. The Balaban J connectivity index is 2.19. The van der Waals surface area contributed by atoms with Gasteiger partial charge in [0, 0.05) is 17.5 Å². The van der Waals surface area contributed by atoms with E-state index in [1.165, 1.54) is 0 Å². The lowest BCUT2D eigenvalue weighted by Gasteiger charge is -2.08. The molecule has 1 aliphatic carbocycles. The summed E-state index contributed by atoms with van der Waals surface area (Å²) < 4.78 is 5.04. The molecule has 1 aromatic carbocycles. The van der Waals surface area contributed by atoms with E-state index in [0.29, 0.717) is 17.5 Å².